The molecule has 2 amide bonds. The fraction of sp³-hybridized carbons (Fsp3) is 0.543. The van der Waals surface area contributed by atoms with Crippen LogP contribution in [-0.2, 0) is 11.3 Å². The van der Waals surface area contributed by atoms with Crippen LogP contribution in [0.15, 0.2) is 54.7 Å². The first-order valence-corrected chi connectivity index (χ1v) is 16.1. The van der Waals surface area contributed by atoms with Crippen molar-refractivity contribution in [2.24, 2.45) is 5.92 Å². The number of piperidine rings is 1. The zero-order valence-electron chi connectivity index (χ0n) is 25.8. The van der Waals surface area contributed by atoms with Gasteiger partial charge in [0, 0.05) is 51.2 Å². The summed E-state index contributed by atoms with van der Waals surface area (Å²) >= 11 is 0. The maximum absolute atomic E-state index is 13.6. The van der Waals surface area contributed by atoms with E-state index in [4.69, 9.17) is 0 Å². The fourth-order valence-corrected chi connectivity index (χ4v) is 6.02. The molecule has 2 aromatic carbocycles. The van der Waals surface area contributed by atoms with Crippen molar-refractivity contribution in [2.45, 2.75) is 78.2 Å². The average molecular weight is 577 g/mol. The van der Waals surface area contributed by atoms with E-state index in [1.54, 1.807) is 12.1 Å². The number of hydrogen-bond donors (Lipinski definition) is 1. The Labute approximate surface area is 251 Å². The molecule has 2 saturated heterocycles. The minimum Gasteiger partial charge on any atom is -0.356 e. The minimum atomic E-state index is -0.173. The molecule has 42 heavy (non-hydrogen) atoms. The molecule has 3 aromatic rings. The van der Waals surface area contributed by atoms with Crippen LogP contribution in [0, 0.1) is 11.7 Å². The maximum atomic E-state index is 13.6. The molecule has 3 fully saturated rings. The van der Waals surface area contributed by atoms with Crippen LogP contribution < -0.4 is 5.32 Å². The van der Waals surface area contributed by atoms with Crippen LogP contribution in [0.1, 0.15) is 87.6 Å². The maximum Gasteiger partial charge on any atom is 0.256 e. The van der Waals surface area contributed by atoms with Gasteiger partial charge in [-0.2, -0.15) is 0 Å². The summed E-state index contributed by atoms with van der Waals surface area (Å²) in [5.41, 5.74) is 3.00. The Morgan fingerprint density at radius 1 is 0.929 bits per heavy atom. The van der Waals surface area contributed by atoms with Gasteiger partial charge in [0.25, 0.3) is 5.91 Å². The highest BCUT2D eigenvalue weighted by Crippen LogP contribution is 2.30. The standard InChI is InChI=1S/C30H37FN4O2.C3H6.C2H6/c1-22(36)32-14-3-15-34-19-13-26-4-2-5-28(29(26)34)30(37)35-18-10-23(21-35)20-33-16-11-25(12-17-33)24-6-8-27(31)9-7-24;1-2-3-1;1-2/h2,4-9,13,19,23,25H,3,10-12,14-18,20-21H2,1H3,(H,32,36);1-3H2;1-2H3/t23-;;/m1../s1. The van der Waals surface area contributed by atoms with Gasteiger partial charge in [-0.1, -0.05) is 57.4 Å². The lowest BCUT2D eigenvalue weighted by molar-refractivity contribution is -0.118. The summed E-state index contributed by atoms with van der Waals surface area (Å²) < 4.78 is 15.4. The highest BCUT2D eigenvalue weighted by molar-refractivity contribution is 6.06. The summed E-state index contributed by atoms with van der Waals surface area (Å²) in [6, 6.07) is 15.0. The predicted molar refractivity (Wildman–Crippen MR) is 169 cm³/mol. The zero-order valence-corrected chi connectivity index (χ0v) is 25.8. The molecular weight excluding hydrogens is 527 g/mol. The number of rotatable bonds is 8. The number of amides is 2. The molecule has 0 spiro atoms. The third kappa shape index (κ3) is 8.90. The van der Waals surface area contributed by atoms with E-state index in [0.717, 1.165) is 81.4 Å². The van der Waals surface area contributed by atoms with Gasteiger partial charge in [0.1, 0.15) is 5.82 Å². The molecule has 3 heterocycles. The Morgan fingerprint density at radius 3 is 2.31 bits per heavy atom. The number of para-hydroxylation sites is 1. The van der Waals surface area contributed by atoms with Gasteiger partial charge in [0.15, 0.2) is 0 Å². The number of likely N-dealkylation sites (tertiary alicyclic amines) is 2. The molecule has 0 radical (unpaired) electrons. The van der Waals surface area contributed by atoms with Gasteiger partial charge in [0.2, 0.25) is 5.91 Å². The first kappa shape index (κ1) is 31.7. The SMILES string of the molecule is C1CC1.CC.CC(=O)NCCCn1ccc2cccc(C(=O)N3CC[C@H](CN4CCC(c5ccc(F)cc5)CC4)C3)c21. The number of nitrogens with zero attached hydrogens (tertiary/aromatic N) is 3. The summed E-state index contributed by atoms with van der Waals surface area (Å²) in [6.07, 6.45) is 10.6. The molecule has 1 aromatic heterocycles. The fourth-order valence-electron chi connectivity index (χ4n) is 6.02. The molecule has 1 saturated carbocycles. The third-order valence-corrected chi connectivity index (χ3v) is 8.34. The molecule has 6 nitrogen and oxygen atoms in total. The number of benzene rings is 2. The highest BCUT2D eigenvalue weighted by Gasteiger charge is 2.31. The van der Waals surface area contributed by atoms with Crippen molar-refractivity contribution in [3.63, 3.8) is 0 Å². The number of carbonyl (C=O) groups is 2. The highest BCUT2D eigenvalue weighted by atomic mass is 19.1. The van der Waals surface area contributed by atoms with Gasteiger partial charge >= 0.3 is 0 Å². The van der Waals surface area contributed by atoms with Crippen LogP contribution >= 0.6 is 0 Å². The lowest BCUT2D eigenvalue weighted by atomic mass is 9.89. The monoisotopic (exact) mass is 576 g/mol. The van der Waals surface area contributed by atoms with Crippen molar-refractivity contribution in [3.05, 3.63) is 71.7 Å². The number of nitrogens with one attached hydrogen (secondary N) is 1. The summed E-state index contributed by atoms with van der Waals surface area (Å²) in [7, 11) is 0. The molecule has 1 atom stereocenters. The minimum absolute atomic E-state index is 0.0194. The van der Waals surface area contributed by atoms with Crippen LogP contribution in [0.2, 0.25) is 0 Å². The predicted octanol–water partition coefficient (Wildman–Crippen LogP) is 6.84. The van der Waals surface area contributed by atoms with Crippen LogP contribution in [0.25, 0.3) is 10.9 Å². The average Bonchev–Trinajstić information content (AvgIpc) is 3.73. The van der Waals surface area contributed by atoms with Gasteiger partial charge in [-0.15, -0.1) is 0 Å². The van der Waals surface area contributed by atoms with E-state index in [1.165, 1.54) is 31.7 Å². The van der Waals surface area contributed by atoms with E-state index in [2.05, 4.69) is 26.9 Å². The number of fused-ring (bicyclic) bond motifs is 1. The number of halogens is 1. The van der Waals surface area contributed by atoms with Gasteiger partial charge < -0.3 is 19.7 Å². The molecule has 1 N–H and O–H groups in total. The van der Waals surface area contributed by atoms with E-state index in [0.29, 0.717) is 18.4 Å². The van der Waals surface area contributed by atoms with Crippen molar-refractivity contribution < 1.29 is 14.0 Å². The second-order valence-electron chi connectivity index (χ2n) is 11.7. The van der Waals surface area contributed by atoms with Crippen LogP contribution in [0.3, 0.4) is 0 Å². The summed E-state index contributed by atoms with van der Waals surface area (Å²) in [5.74, 6) is 0.926. The van der Waals surface area contributed by atoms with Crippen molar-refractivity contribution in [1.29, 1.82) is 0 Å². The normalized spacial score (nSPS) is 18.6. The van der Waals surface area contributed by atoms with Gasteiger partial charge in [0.05, 0.1) is 11.1 Å². The molecule has 3 aliphatic rings. The number of aryl methyl sites for hydroxylation is 1. The van der Waals surface area contributed by atoms with Crippen LogP contribution in [-0.4, -0.2) is 65.4 Å². The number of carbonyl (C=O) groups excluding carboxylic acids is 2. The van der Waals surface area contributed by atoms with Gasteiger partial charge in [-0.25, -0.2) is 4.39 Å². The van der Waals surface area contributed by atoms with E-state index in [1.807, 2.05) is 49.2 Å². The van der Waals surface area contributed by atoms with Crippen molar-refractivity contribution in [2.75, 3.05) is 39.3 Å². The summed E-state index contributed by atoms with van der Waals surface area (Å²) in [5, 5.41) is 3.92. The lowest BCUT2D eigenvalue weighted by Crippen LogP contribution is -2.38. The van der Waals surface area contributed by atoms with Crippen LogP contribution in [0.5, 0.6) is 0 Å². The molecular formula is C35H49FN4O2. The summed E-state index contributed by atoms with van der Waals surface area (Å²) in [6.45, 7) is 11.6. The smallest absolute Gasteiger partial charge is 0.256 e. The molecule has 7 heteroatoms. The van der Waals surface area contributed by atoms with Gasteiger partial charge in [-0.3, -0.25) is 9.59 Å². The number of aromatic nitrogens is 1. The Kier molecular flexibility index (Phi) is 12.0. The second kappa shape index (κ2) is 15.9. The topological polar surface area (TPSA) is 57.6 Å². The molecule has 6 rings (SSSR count). The Bertz CT molecular complexity index is 1280. The Hall–Kier alpha value is -3.19. The van der Waals surface area contributed by atoms with Crippen LogP contribution in [0.4, 0.5) is 4.39 Å². The molecule has 1 aliphatic carbocycles. The van der Waals surface area contributed by atoms with Crippen molar-refractivity contribution in [3.8, 4) is 0 Å². The third-order valence-electron chi connectivity index (χ3n) is 8.34. The molecule has 0 unspecified atom stereocenters. The van der Waals surface area contributed by atoms with E-state index in [-0.39, 0.29) is 17.6 Å². The van der Waals surface area contributed by atoms with Crippen molar-refractivity contribution >= 4 is 22.7 Å². The lowest BCUT2D eigenvalue weighted by Gasteiger charge is -2.33. The molecule has 0 bridgehead atoms. The Balaban J connectivity index is 0.000000747. The first-order chi connectivity index (χ1) is 20.5. The molecule has 2 aliphatic heterocycles. The second-order valence-corrected chi connectivity index (χ2v) is 11.7. The number of hydrogen-bond acceptors (Lipinski definition) is 3. The van der Waals surface area contributed by atoms with E-state index >= 15 is 0 Å². The Morgan fingerprint density at radius 2 is 1.64 bits per heavy atom. The first-order valence-electron chi connectivity index (χ1n) is 16.1. The van der Waals surface area contributed by atoms with E-state index < -0.39 is 0 Å². The summed E-state index contributed by atoms with van der Waals surface area (Å²) in [4.78, 5) is 29.3. The van der Waals surface area contributed by atoms with Crippen molar-refractivity contribution in [1.82, 2.24) is 19.7 Å². The molecule has 228 valence electrons. The van der Waals surface area contributed by atoms with E-state index in [9.17, 15) is 14.0 Å². The zero-order chi connectivity index (χ0) is 29.9. The largest absolute Gasteiger partial charge is 0.356 e. The quantitative estimate of drug-likeness (QED) is 0.299. The van der Waals surface area contributed by atoms with Gasteiger partial charge in [-0.05, 0) is 80.4 Å².